The van der Waals surface area contributed by atoms with Gasteiger partial charge >= 0.3 is 0 Å². The molecule has 0 radical (unpaired) electrons. The maximum Gasteiger partial charge on any atom is 0.261 e. The molecule has 1 amide bonds. The summed E-state index contributed by atoms with van der Waals surface area (Å²) in [6.07, 6.45) is 2.78. The fourth-order valence-electron chi connectivity index (χ4n) is 1.62. The zero-order valence-corrected chi connectivity index (χ0v) is 10.2. The number of rotatable bonds is 5. The van der Waals surface area contributed by atoms with Gasteiger partial charge in [-0.05, 0) is 37.3 Å². The minimum atomic E-state index is -0.366. The van der Waals surface area contributed by atoms with Gasteiger partial charge in [-0.15, -0.1) is 11.3 Å². The molecule has 88 valence electrons. The molecule has 1 atom stereocenters. The van der Waals surface area contributed by atoms with E-state index >= 15 is 0 Å². The number of thiophene rings is 1. The molecule has 16 heavy (non-hydrogen) atoms. The zero-order chi connectivity index (χ0) is 11.5. The highest BCUT2D eigenvalue weighted by atomic mass is 32.1. The highest BCUT2D eigenvalue weighted by Gasteiger charge is 2.29. The van der Waals surface area contributed by atoms with Crippen LogP contribution in [0.2, 0.25) is 0 Å². The van der Waals surface area contributed by atoms with Gasteiger partial charge in [-0.1, -0.05) is 6.92 Å². The molecule has 3 nitrogen and oxygen atoms in total. The van der Waals surface area contributed by atoms with Crippen LogP contribution in [0.15, 0.2) is 12.1 Å². The van der Waals surface area contributed by atoms with Crippen molar-refractivity contribution >= 4 is 17.2 Å². The van der Waals surface area contributed by atoms with E-state index < -0.39 is 0 Å². The molecule has 0 spiro atoms. The molecule has 1 aromatic heterocycles. The molecule has 1 saturated carbocycles. The van der Waals surface area contributed by atoms with Crippen LogP contribution in [0.25, 0.3) is 0 Å². The average molecular weight is 239 g/mol. The standard InChI is InChI=1S/C12H17NO2S/c1-2-9-5-6-11(16-9)12(15)13-7-10(14)8-3-4-8/h5-6,8,10,14H,2-4,7H2,1H3,(H,13,15). The maximum absolute atomic E-state index is 11.7. The van der Waals surface area contributed by atoms with E-state index in [0.29, 0.717) is 12.5 Å². The first-order valence-corrected chi connectivity index (χ1v) is 6.57. The Hall–Kier alpha value is -0.870. The van der Waals surface area contributed by atoms with Gasteiger partial charge in [-0.25, -0.2) is 0 Å². The number of carbonyl (C=O) groups excluding carboxylic acids is 1. The molecule has 1 fully saturated rings. The van der Waals surface area contributed by atoms with Crippen molar-refractivity contribution in [1.82, 2.24) is 5.32 Å². The SMILES string of the molecule is CCc1ccc(C(=O)NCC(O)C2CC2)s1. The van der Waals surface area contributed by atoms with Gasteiger partial charge in [0, 0.05) is 11.4 Å². The van der Waals surface area contributed by atoms with Crippen LogP contribution in [0.4, 0.5) is 0 Å². The molecule has 1 unspecified atom stereocenters. The quantitative estimate of drug-likeness (QED) is 0.823. The minimum Gasteiger partial charge on any atom is -0.391 e. The number of carbonyl (C=O) groups is 1. The van der Waals surface area contributed by atoms with Crippen molar-refractivity contribution in [2.75, 3.05) is 6.54 Å². The van der Waals surface area contributed by atoms with Crippen molar-refractivity contribution in [2.45, 2.75) is 32.3 Å². The van der Waals surface area contributed by atoms with Gasteiger partial charge in [0.1, 0.15) is 0 Å². The second-order valence-electron chi connectivity index (χ2n) is 4.23. The van der Waals surface area contributed by atoms with Crippen LogP contribution >= 0.6 is 11.3 Å². The Kier molecular flexibility index (Phi) is 3.61. The zero-order valence-electron chi connectivity index (χ0n) is 9.40. The highest BCUT2D eigenvalue weighted by Crippen LogP contribution is 2.32. The van der Waals surface area contributed by atoms with Gasteiger partial charge in [0.15, 0.2) is 0 Å². The number of nitrogens with one attached hydrogen (secondary N) is 1. The molecular weight excluding hydrogens is 222 g/mol. The number of aryl methyl sites for hydroxylation is 1. The Balaban J connectivity index is 1.82. The third-order valence-electron chi connectivity index (χ3n) is 2.87. The van der Waals surface area contributed by atoms with E-state index in [1.807, 2.05) is 12.1 Å². The summed E-state index contributed by atoms with van der Waals surface area (Å²) in [6.45, 7) is 2.45. The summed E-state index contributed by atoms with van der Waals surface area (Å²) in [4.78, 5) is 13.7. The summed E-state index contributed by atoms with van der Waals surface area (Å²) in [7, 11) is 0. The first-order valence-electron chi connectivity index (χ1n) is 5.75. The van der Waals surface area contributed by atoms with Crippen LogP contribution in [-0.2, 0) is 6.42 Å². The maximum atomic E-state index is 11.7. The molecule has 1 aliphatic carbocycles. The van der Waals surface area contributed by atoms with Gasteiger partial charge in [-0.3, -0.25) is 4.79 Å². The largest absolute Gasteiger partial charge is 0.391 e. The lowest BCUT2D eigenvalue weighted by Crippen LogP contribution is -2.32. The lowest BCUT2D eigenvalue weighted by atomic mass is 10.2. The molecule has 1 heterocycles. The summed E-state index contributed by atoms with van der Waals surface area (Å²) < 4.78 is 0. The first kappa shape index (κ1) is 11.6. The number of hydrogen-bond acceptors (Lipinski definition) is 3. The van der Waals surface area contributed by atoms with E-state index in [9.17, 15) is 9.90 Å². The van der Waals surface area contributed by atoms with E-state index in [0.717, 1.165) is 24.1 Å². The molecule has 1 aromatic rings. The fraction of sp³-hybridized carbons (Fsp3) is 0.583. The highest BCUT2D eigenvalue weighted by molar-refractivity contribution is 7.14. The van der Waals surface area contributed by atoms with E-state index in [-0.39, 0.29) is 12.0 Å². The molecule has 0 aromatic carbocycles. The van der Waals surface area contributed by atoms with Crippen LogP contribution in [0.3, 0.4) is 0 Å². The van der Waals surface area contributed by atoms with Crippen molar-refractivity contribution in [3.05, 3.63) is 21.9 Å². The summed E-state index contributed by atoms with van der Waals surface area (Å²) >= 11 is 1.52. The van der Waals surface area contributed by atoms with E-state index in [4.69, 9.17) is 0 Å². The predicted molar refractivity (Wildman–Crippen MR) is 64.8 cm³/mol. The fourth-order valence-corrected chi connectivity index (χ4v) is 2.49. The summed E-state index contributed by atoms with van der Waals surface area (Å²) in [5, 5.41) is 12.4. The van der Waals surface area contributed by atoms with Crippen LogP contribution in [0, 0.1) is 5.92 Å². The van der Waals surface area contributed by atoms with Gasteiger partial charge in [0.25, 0.3) is 5.91 Å². The lowest BCUT2D eigenvalue weighted by Gasteiger charge is -2.09. The Labute approximate surface area is 99.5 Å². The second kappa shape index (κ2) is 4.97. The molecule has 2 rings (SSSR count). The smallest absolute Gasteiger partial charge is 0.261 e. The molecule has 1 aliphatic rings. The molecule has 4 heteroatoms. The number of amides is 1. The van der Waals surface area contributed by atoms with Gasteiger partial charge in [0.05, 0.1) is 11.0 Å². The Morgan fingerprint density at radius 2 is 2.38 bits per heavy atom. The molecule has 0 saturated heterocycles. The Morgan fingerprint density at radius 3 is 2.94 bits per heavy atom. The molecular formula is C12H17NO2S. The number of hydrogen-bond donors (Lipinski definition) is 2. The van der Waals surface area contributed by atoms with E-state index in [1.54, 1.807) is 0 Å². The van der Waals surface area contributed by atoms with Crippen molar-refractivity contribution in [3.8, 4) is 0 Å². The number of aliphatic hydroxyl groups excluding tert-OH is 1. The first-order chi connectivity index (χ1) is 7.70. The molecule has 0 aliphatic heterocycles. The van der Waals surface area contributed by atoms with Crippen LogP contribution in [0.5, 0.6) is 0 Å². The number of aliphatic hydroxyl groups is 1. The van der Waals surface area contributed by atoms with Gasteiger partial charge in [0.2, 0.25) is 0 Å². The van der Waals surface area contributed by atoms with Gasteiger partial charge in [-0.2, -0.15) is 0 Å². The monoisotopic (exact) mass is 239 g/mol. The van der Waals surface area contributed by atoms with Crippen molar-refractivity contribution < 1.29 is 9.90 Å². The third-order valence-corrected chi connectivity index (χ3v) is 4.10. The molecule has 2 N–H and O–H groups in total. The van der Waals surface area contributed by atoms with Crippen molar-refractivity contribution in [2.24, 2.45) is 5.92 Å². The third kappa shape index (κ3) is 2.83. The topological polar surface area (TPSA) is 49.3 Å². The molecule has 0 bridgehead atoms. The summed E-state index contributed by atoms with van der Waals surface area (Å²) in [6, 6.07) is 3.83. The van der Waals surface area contributed by atoms with E-state index in [2.05, 4.69) is 12.2 Å². The lowest BCUT2D eigenvalue weighted by molar-refractivity contribution is 0.0905. The summed E-state index contributed by atoms with van der Waals surface area (Å²) in [5.41, 5.74) is 0. The Bertz CT molecular complexity index is 371. The van der Waals surface area contributed by atoms with Gasteiger partial charge < -0.3 is 10.4 Å². The normalized spacial score (nSPS) is 17.1. The minimum absolute atomic E-state index is 0.0654. The average Bonchev–Trinajstić information content (AvgIpc) is 3.03. The van der Waals surface area contributed by atoms with Crippen molar-refractivity contribution in [1.29, 1.82) is 0 Å². The Morgan fingerprint density at radius 1 is 1.62 bits per heavy atom. The van der Waals surface area contributed by atoms with Crippen LogP contribution in [-0.4, -0.2) is 23.7 Å². The predicted octanol–water partition coefficient (Wildman–Crippen LogP) is 1.81. The van der Waals surface area contributed by atoms with Crippen LogP contribution < -0.4 is 5.32 Å². The van der Waals surface area contributed by atoms with Crippen molar-refractivity contribution in [3.63, 3.8) is 0 Å². The van der Waals surface area contributed by atoms with E-state index in [1.165, 1.54) is 16.2 Å². The summed E-state index contributed by atoms with van der Waals surface area (Å²) in [5.74, 6) is 0.347. The van der Waals surface area contributed by atoms with Crippen LogP contribution in [0.1, 0.15) is 34.3 Å². The second-order valence-corrected chi connectivity index (χ2v) is 5.40.